The van der Waals surface area contributed by atoms with Crippen LogP contribution in [0.15, 0.2) is 29.8 Å². The zero-order valence-electron chi connectivity index (χ0n) is 13.2. The molecule has 0 radical (unpaired) electrons. The summed E-state index contributed by atoms with van der Waals surface area (Å²) in [5, 5.41) is 3.47. The van der Waals surface area contributed by atoms with Crippen molar-refractivity contribution in [3.63, 3.8) is 0 Å². The van der Waals surface area contributed by atoms with Crippen LogP contribution >= 0.6 is 0 Å². The second kappa shape index (κ2) is 8.16. The topological polar surface area (TPSA) is 12.0 Å². The molecule has 1 heteroatoms. The van der Waals surface area contributed by atoms with Crippen molar-refractivity contribution in [2.45, 2.75) is 41.0 Å². The molecule has 0 atom stereocenters. The zero-order chi connectivity index (χ0) is 14.3. The molecular formula is C18H29N. The summed E-state index contributed by atoms with van der Waals surface area (Å²) in [6, 6.07) is 8.95. The number of nitrogens with one attached hydrogen (secondary N) is 1. The fourth-order valence-corrected chi connectivity index (χ4v) is 2.11. The van der Waals surface area contributed by atoms with Crippen LogP contribution in [-0.4, -0.2) is 13.1 Å². The van der Waals surface area contributed by atoms with Gasteiger partial charge in [-0.1, -0.05) is 63.6 Å². The Labute approximate surface area is 119 Å². The Hall–Kier alpha value is -1.08. The smallest absolute Gasteiger partial charge is 0.0165 e. The Bertz CT molecular complexity index is 385. The van der Waals surface area contributed by atoms with Crippen LogP contribution in [0.3, 0.4) is 0 Å². The van der Waals surface area contributed by atoms with Gasteiger partial charge < -0.3 is 5.32 Å². The predicted molar refractivity (Wildman–Crippen MR) is 86.3 cm³/mol. The first kappa shape index (κ1) is 16.0. The monoisotopic (exact) mass is 259 g/mol. The van der Waals surface area contributed by atoms with E-state index in [1.807, 2.05) is 0 Å². The van der Waals surface area contributed by atoms with Crippen LogP contribution in [0.5, 0.6) is 0 Å². The molecule has 0 aromatic heterocycles. The Morgan fingerprint density at radius 3 is 2.21 bits per heavy atom. The molecule has 0 bridgehead atoms. The lowest BCUT2D eigenvalue weighted by Crippen LogP contribution is -2.21. The fourth-order valence-electron chi connectivity index (χ4n) is 2.11. The summed E-state index contributed by atoms with van der Waals surface area (Å²) in [5.41, 5.74) is 4.12. The van der Waals surface area contributed by atoms with Crippen molar-refractivity contribution >= 4 is 6.08 Å². The summed E-state index contributed by atoms with van der Waals surface area (Å²) in [6.45, 7) is 13.2. The van der Waals surface area contributed by atoms with Gasteiger partial charge in [0.1, 0.15) is 0 Å². The molecule has 1 nitrogen and oxygen atoms in total. The second-order valence-electron chi connectivity index (χ2n) is 6.35. The molecule has 1 aromatic rings. The summed E-state index contributed by atoms with van der Waals surface area (Å²) in [5.74, 6) is 1.44. The predicted octanol–water partition coefficient (Wildman–Crippen LogP) is 4.53. The van der Waals surface area contributed by atoms with Crippen molar-refractivity contribution in [2.24, 2.45) is 11.8 Å². The average molecular weight is 259 g/mol. The Kier molecular flexibility index (Phi) is 6.86. The van der Waals surface area contributed by atoms with Crippen molar-refractivity contribution in [2.75, 3.05) is 13.1 Å². The SMILES string of the molecule is CC(=Cc1ccc(CC(C)C)cc1)CNCC(C)C. The molecule has 0 spiro atoms. The van der Waals surface area contributed by atoms with Crippen molar-refractivity contribution in [1.82, 2.24) is 5.32 Å². The maximum absolute atomic E-state index is 3.47. The van der Waals surface area contributed by atoms with Gasteiger partial charge in [0.25, 0.3) is 0 Å². The molecule has 0 aliphatic carbocycles. The molecule has 1 rings (SSSR count). The van der Waals surface area contributed by atoms with E-state index in [2.05, 4.69) is 70.3 Å². The highest BCUT2D eigenvalue weighted by atomic mass is 14.8. The van der Waals surface area contributed by atoms with E-state index in [4.69, 9.17) is 0 Å². The average Bonchev–Trinajstić information content (AvgIpc) is 2.30. The van der Waals surface area contributed by atoms with E-state index in [0.29, 0.717) is 5.92 Å². The summed E-state index contributed by atoms with van der Waals surface area (Å²) >= 11 is 0. The van der Waals surface area contributed by atoms with E-state index >= 15 is 0 Å². The maximum Gasteiger partial charge on any atom is 0.0165 e. The number of benzene rings is 1. The van der Waals surface area contributed by atoms with Crippen LogP contribution in [-0.2, 0) is 6.42 Å². The summed E-state index contributed by atoms with van der Waals surface area (Å²) in [6.07, 6.45) is 3.44. The van der Waals surface area contributed by atoms with E-state index in [0.717, 1.165) is 19.0 Å². The molecule has 1 aromatic carbocycles. The third kappa shape index (κ3) is 7.17. The highest BCUT2D eigenvalue weighted by Crippen LogP contribution is 2.12. The Balaban J connectivity index is 2.51. The van der Waals surface area contributed by atoms with Gasteiger partial charge in [0.15, 0.2) is 0 Å². The van der Waals surface area contributed by atoms with Crippen LogP contribution < -0.4 is 5.32 Å². The molecule has 19 heavy (non-hydrogen) atoms. The minimum absolute atomic E-state index is 0.711. The highest BCUT2D eigenvalue weighted by Gasteiger charge is 1.98. The minimum atomic E-state index is 0.711. The van der Waals surface area contributed by atoms with Gasteiger partial charge >= 0.3 is 0 Å². The second-order valence-corrected chi connectivity index (χ2v) is 6.35. The summed E-state index contributed by atoms with van der Waals surface area (Å²) in [4.78, 5) is 0. The molecule has 106 valence electrons. The van der Waals surface area contributed by atoms with Crippen LogP contribution in [0.1, 0.15) is 45.7 Å². The molecule has 0 heterocycles. The third-order valence-corrected chi connectivity index (χ3v) is 2.99. The van der Waals surface area contributed by atoms with Gasteiger partial charge in [0, 0.05) is 6.54 Å². The number of hydrogen-bond acceptors (Lipinski definition) is 1. The number of rotatable bonds is 7. The van der Waals surface area contributed by atoms with E-state index in [1.54, 1.807) is 0 Å². The van der Waals surface area contributed by atoms with Gasteiger partial charge in [-0.25, -0.2) is 0 Å². The van der Waals surface area contributed by atoms with Gasteiger partial charge in [0.2, 0.25) is 0 Å². The van der Waals surface area contributed by atoms with E-state index in [-0.39, 0.29) is 0 Å². The molecule has 0 aliphatic rings. The quantitative estimate of drug-likeness (QED) is 0.758. The highest BCUT2D eigenvalue weighted by molar-refractivity contribution is 5.53. The molecule has 0 unspecified atom stereocenters. The van der Waals surface area contributed by atoms with Gasteiger partial charge in [-0.2, -0.15) is 0 Å². The molecule has 0 amide bonds. The third-order valence-electron chi connectivity index (χ3n) is 2.99. The lowest BCUT2D eigenvalue weighted by molar-refractivity contribution is 0.572. The van der Waals surface area contributed by atoms with Gasteiger partial charge in [-0.05, 0) is 42.9 Å². The van der Waals surface area contributed by atoms with Gasteiger partial charge in [-0.3, -0.25) is 0 Å². The van der Waals surface area contributed by atoms with Crippen molar-refractivity contribution in [1.29, 1.82) is 0 Å². The molecule has 0 aliphatic heterocycles. The molecule has 1 N–H and O–H groups in total. The normalized spacial score (nSPS) is 12.5. The maximum atomic E-state index is 3.47. The first-order valence-electron chi connectivity index (χ1n) is 7.44. The standard InChI is InChI=1S/C18H29N/c1-14(2)10-17-6-8-18(9-7-17)11-16(5)13-19-12-15(3)4/h6-9,11,14-15,19H,10,12-13H2,1-5H3. The Morgan fingerprint density at radius 1 is 1.05 bits per heavy atom. The van der Waals surface area contributed by atoms with Gasteiger partial charge in [0.05, 0.1) is 0 Å². The first-order chi connectivity index (χ1) is 8.97. The summed E-state index contributed by atoms with van der Waals surface area (Å²) < 4.78 is 0. The zero-order valence-corrected chi connectivity index (χ0v) is 13.2. The van der Waals surface area contributed by atoms with Crippen molar-refractivity contribution in [3.8, 4) is 0 Å². The van der Waals surface area contributed by atoms with E-state index < -0.39 is 0 Å². The lowest BCUT2D eigenvalue weighted by Gasteiger charge is -2.08. The van der Waals surface area contributed by atoms with Crippen LogP contribution in [0.4, 0.5) is 0 Å². The molecule has 0 saturated heterocycles. The van der Waals surface area contributed by atoms with Crippen LogP contribution in [0.25, 0.3) is 6.08 Å². The van der Waals surface area contributed by atoms with Crippen molar-refractivity contribution in [3.05, 3.63) is 41.0 Å². The fraction of sp³-hybridized carbons (Fsp3) is 0.556. The van der Waals surface area contributed by atoms with Crippen LogP contribution in [0.2, 0.25) is 0 Å². The van der Waals surface area contributed by atoms with E-state index in [1.165, 1.54) is 23.1 Å². The Morgan fingerprint density at radius 2 is 1.68 bits per heavy atom. The molecule has 0 fully saturated rings. The van der Waals surface area contributed by atoms with Crippen molar-refractivity contribution < 1.29 is 0 Å². The first-order valence-corrected chi connectivity index (χ1v) is 7.44. The van der Waals surface area contributed by atoms with Crippen LogP contribution in [0, 0.1) is 11.8 Å². The molecule has 0 saturated carbocycles. The lowest BCUT2D eigenvalue weighted by atomic mass is 10.0. The number of hydrogen-bond donors (Lipinski definition) is 1. The summed E-state index contributed by atoms with van der Waals surface area (Å²) in [7, 11) is 0. The minimum Gasteiger partial charge on any atom is -0.313 e. The van der Waals surface area contributed by atoms with Gasteiger partial charge in [-0.15, -0.1) is 0 Å². The van der Waals surface area contributed by atoms with E-state index in [9.17, 15) is 0 Å². The largest absolute Gasteiger partial charge is 0.313 e. The molecular weight excluding hydrogens is 230 g/mol.